The fourth-order valence-electron chi connectivity index (χ4n) is 1.33. The Morgan fingerprint density at radius 3 is 2.67 bits per heavy atom. The maximum Gasteiger partial charge on any atom is 0.292 e. The summed E-state index contributed by atoms with van der Waals surface area (Å²) in [7, 11) is 0. The Labute approximate surface area is 106 Å². The van der Waals surface area contributed by atoms with E-state index in [1.165, 1.54) is 18.2 Å². The number of ether oxygens (including phenoxy) is 2. The predicted octanol–water partition coefficient (Wildman–Crippen LogP) is 2.23. The molecule has 0 aliphatic carbocycles. The largest absolute Gasteiger partial charge is 0.491 e. The van der Waals surface area contributed by atoms with Gasteiger partial charge in [0.05, 0.1) is 11.5 Å². The molecule has 1 rings (SSSR count). The van der Waals surface area contributed by atoms with Gasteiger partial charge in [-0.2, -0.15) is 0 Å². The van der Waals surface area contributed by atoms with E-state index in [-0.39, 0.29) is 11.4 Å². The fourth-order valence-corrected chi connectivity index (χ4v) is 1.33. The number of nitrogens with zero attached hydrogens (tertiary/aromatic N) is 1. The Balaban J connectivity index is 2.39. The molecule has 6 heteroatoms. The molecule has 0 saturated heterocycles. The highest BCUT2D eigenvalue weighted by molar-refractivity contribution is 5.60. The van der Waals surface area contributed by atoms with E-state index in [9.17, 15) is 10.1 Å². The van der Waals surface area contributed by atoms with Gasteiger partial charge in [0.1, 0.15) is 18.0 Å². The number of benzene rings is 1. The molecule has 2 N–H and O–H groups in total. The van der Waals surface area contributed by atoms with Gasteiger partial charge in [0.15, 0.2) is 0 Å². The van der Waals surface area contributed by atoms with E-state index in [2.05, 4.69) is 13.8 Å². The van der Waals surface area contributed by atoms with Crippen LogP contribution in [-0.4, -0.2) is 24.7 Å². The first-order valence-corrected chi connectivity index (χ1v) is 5.75. The number of nitrogens with two attached hydrogens (primary N) is 1. The lowest BCUT2D eigenvalue weighted by Crippen LogP contribution is -2.10. The van der Waals surface area contributed by atoms with Crippen molar-refractivity contribution in [2.75, 3.05) is 25.6 Å². The van der Waals surface area contributed by atoms with Gasteiger partial charge in [-0.1, -0.05) is 13.8 Å². The van der Waals surface area contributed by atoms with Crippen molar-refractivity contribution >= 4 is 11.4 Å². The number of anilines is 1. The predicted molar refractivity (Wildman–Crippen MR) is 68.7 cm³/mol. The summed E-state index contributed by atoms with van der Waals surface area (Å²) in [4.78, 5) is 10.0. The number of nitrogen functional groups attached to an aromatic ring is 1. The highest BCUT2D eigenvalue weighted by Gasteiger charge is 2.11. The molecule has 0 aliphatic rings. The van der Waals surface area contributed by atoms with Crippen LogP contribution in [0.25, 0.3) is 0 Å². The van der Waals surface area contributed by atoms with Crippen molar-refractivity contribution in [1.29, 1.82) is 0 Å². The van der Waals surface area contributed by atoms with Gasteiger partial charge in [-0.3, -0.25) is 10.1 Å². The Kier molecular flexibility index (Phi) is 5.38. The van der Waals surface area contributed by atoms with Crippen molar-refractivity contribution in [2.24, 2.45) is 5.92 Å². The summed E-state index contributed by atoms with van der Waals surface area (Å²) in [5, 5.41) is 10.6. The third-order valence-electron chi connectivity index (χ3n) is 2.14. The molecule has 0 radical (unpaired) electrons. The van der Waals surface area contributed by atoms with Gasteiger partial charge in [-0.15, -0.1) is 0 Å². The number of nitro benzene ring substituents is 1. The molecule has 18 heavy (non-hydrogen) atoms. The van der Waals surface area contributed by atoms with E-state index in [4.69, 9.17) is 15.2 Å². The van der Waals surface area contributed by atoms with Gasteiger partial charge in [-0.25, -0.2) is 0 Å². The van der Waals surface area contributed by atoms with Crippen LogP contribution in [0.4, 0.5) is 11.4 Å². The lowest BCUT2D eigenvalue weighted by Gasteiger charge is -2.09. The van der Waals surface area contributed by atoms with Crippen LogP contribution in [0.2, 0.25) is 0 Å². The van der Waals surface area contributed by atoms with Crippen LogP contribution in [0.5, 0.6) is 5.75 Å². The van der Waals surface area contributed by atoms with Gasteiger partial charge >= 0.3 is 0 Å². The maximum absolute atomic E-state index is 10.6. The smallest absolute Gasteiger partial charge is 0.292 e. The minimum absolute atomic E-state index is 0.0978. The Bertz CT molecular complexity index is 407. The first-order chi connectivity index (χ1) is 8.50. The molecule has 100 valence electrons. The molecule has 1 aromatic carbocycles. The van der Waals surface area contributed by atoms with Crippen LogP contribution < -0.4 is 10.5 Å². The van der Waals surface area contributed by atoms with Gasteiger partial charge in [-0.05, 0) is 12.0 Å². The summed E-state index contributed by atoms with van der Waals surface area (Å²) >= 11 is 0. The summed E-state index contributed by atoms with van der Waals surface area (Å²) in [5.41, 5.74) is 5.52. The van der Waals surface area contributed by atoms with Gasteiger partial charge in [0.2, 0.25) is 0 Å². The van der Waals surface area contributed by atoms with Crippen LogP contribution in [0, 0.1) is 16.0 Å². The number of rotatable bonds is 7. The monoisotopic (exact) mass is 254 g/mol. The molecular formula is C12H18N2O4. The molecule has 0 amide bonds. The van der Waals surface area contributed by atoms with Gasteiger partial charge < -0.3 is 15.2 Å². The topological polar surface area (TPSA) is 87.6 Å². The van der Waals surface area contributed by atoms with Gasteiger partial charge in [0, 0.05) is 18.7 Å². The quantitative estimate of drug-likeness (QED) is 0.349. The molecule has 1 aromatic rings. The standard InChI is InChI=1S/C12H18N2O4/c1-9(2)8-17-5-6-18-10-3-4-12(14(15)16)11(13)7-10/h3-4,7,9H,5-6,8,13H2,1-2H3. The van der Waals surface area contributed by atoms with Crippen molar-refractivity contribution in [3.05, 3.63) is 28.3 Å². The third-order valence-corrected chi connectivity index (χ3v) is 2.14. The molecule has 0 aromatic heterocycles. The van der Waals surface area contributed by atoms with Crippen molar-refractivity contribution in [3.8, 4) is 5.75 Å². The third kappa shape index (κ3) is 4.58. The summed E-state index contributed by atoms with van der Waals surface area (Å²) in [6.07, 6.45) is 0. The summed E-state index contributed by atoms with van der Waals surface area (Å²) in [6, 6.07) is 4.30. The lowest BCUT2D eigenvalue weighted by molar-refractivity contribution is -0.383. The first-order valence-electron chi connectivity index (χ1n) is 5.75. The van der Waals surface area contributed by atoms with Crippen LogP contribution >= 0.6 is 0 Å². The molecule has 0 spiro atoms. The van der Waals surface area contributed by atoms with E-state index in [0.29, 0.717) is 31.5 Å². The zero-order valence-corrected chi connectivity index (χ0v) is 10.6. The molecule has 0 atom stereocenters. The van der Waals surface area contributed by atoms with Crippen molar-refractivity contribution in [1.82, 2.24) is 0 Å². The molecule has 0 aliphatic heterocycles. The Morgan fingerprint density at radius 1 is 1.39 bits per heavy atom. The van der Waals surface area contributed by atoms with Gasteiger partial charge in [0.25, 0.3) is 5.69 Å². The van der Waals surface area contributed by atoms with E-state index in [1.807, 2.05) is 0 Å². The Hall–Kier alpha value is -1.82. The van der Waals surface area contributed by atoms with Crippen molar-refractivity contribution in [2.45, 2.75) is 13.8 Å². The second-order valence-electron chi connectivity index (χ2n) is 4.29. The lowest BCUT2D eigenvalue weighted by atomic mass is 10.2. The first kappa shape index (κ1) is 14.2. The number of nitro groups is 1. The van der Waals surface area contributed by atoms with E-state index in [0.717, 1.165) is 0 Å². The number of hydrogen-bond acceptors (Lipinski definition) is 5. The maximum atomic E-state index is 10.6. The summed E-state index contributed by atoms with van der Waals surface area (Å²) in [6.45, 7) is 5.70. The SMILES string of the molecule is CC(C)COCCOc1ccc([N+](=O)[O-])c(N)c1. The molecule has 6 nitrogen and oxygen atoms in total. The number of hydrogen-bond donors (Lipinski definition) is 1. The highest BCUT2D eigenvalue weighted by atomic mass is 16.6. The molecule has 0 unspecified atom stereocenters. The van der Waals surface area contributed by atoms with Crippen LogP contribution in [0.3, 0.4) is 0 Å². The van der Waals surface area contributed by atoms with Crippen LogP contribution in [-0.2, 0) is 4.74 Å². The van der Waals surface area contributed by atoms with Crippen LogP contribution in [0.1, 0.15) is 13.8 Å². The Morgan fingerprint density at radius 2 is 2.11 bits per heavy atom. The molecule has 0 bridgehead atoms. The molecule has 0 heterocycles. The minimum atomic E-state index is -0.523. The zero-order chi connectivity index (χ0) is 13.5. The molecule has 0 fully saturated rings. The van der Waals surface area contributed by atoms with Crippen molar-refractivity contribution < 1.29 is 14.4 Å². The zero-order valence-electron chi connectivity index (χ0n) is 10.6. The van der Waals surface area contributed by atoms with Crippen LogP contribution in [0.15, 0.2) is 18.2 Å². The van der Waals surface area contributed by atoms with E-state index >= 15 is 0 Å². The molecular weight excluding hydrogens is 236 g/mol. The second-order valence-corrected chi connectivity index (χ2v) is 4.29. The van der Waals surface area contributed by atoms with E-state index in [1.54, 1.807) is 0 Å². The molecule has 0 saturated carbocycles. The van der Waals surface area contributed by atoms with E-state index < -0.39 is 4.92 Å². The normalized spacial score (nSPS) is 10.6. The van der Waals surface area contributed by atoms with Crippen molar-refractivity contribution in [3.63, 3.8) is 0 Å². The summed E-state index contributed by atoms with van der Waals surface area (Å²) in [5.74, 6) is 0.992. The second kappa shape index (κ2) is 6.80. The fraction of sp³-hybridized carbons (Fsp3) is 0.500. The summed E-state index contributed by atoms with van der Waals surface area (Å²) < 4.78 is 10.7. The highest BCUT2D eigenvalue weighted by Crippen LogP contribution is 2.25. The average molecular weight is 254 g/mol. The minimum Gasteiger partial charge on any atom is -0.491 e. The average Bonchev–Trinajstić information content (AvgIpc) is 2.27.